The molecule has 0 bridgehead atoms. The van der Waals surface area contributed by atoms with Crippen LogP contribution in [-0.4, -0.2) is 38.4 Å². The van der Waals surface area contributed by atoms with E-state index in [9.17, 15) is 4.79 Å². The summed E-state index contributed by atoms with van der Waals surface area (Å²) in [6.45, 7) is 1.63. The minimum absolute atomic E-state index is 0.116. The Bertz CT molecular complexity index is 245. The summed E-state index contributed by atoms with van der Waals surface area (Å²) in [5, 5.41) is 3.35. The van der Waals surface area contributed by atoms with Crippen LogP contribution < -0.4 is 5.32 Å². The van der Waals surface area contributed by atoms with E-state index in [0.717, 1.165) is 38.8 Å². The maximum atomic E-state index is 11.8. The molecule has 1 saturated heterocycles. The van der Waals surface area contributed by atoms with E-state index in [2.05, 4.69) is 5.32 Å². The summed E-state index contributed by atoms with van der Waals surface area (Å²) >= 11 is 0. The summed E-state index contributed by atoms with van der Waals surface area (Å²) < 4.78 is 10.5. The fraction of sp³-hybridized carbons (Fsp3) is 0.923. The SMILES string of the molecule is COC(=O)C(NCC1CCCO1)C1CCCC1. The van der Waals surface area contributed by atoms with Crippen LogP contribution in [0, 0.1) is 5.92 Å². The average Bonchev–Trinajstić information content (AvgIpc) is 3.01. The first-order valence-corrected chi connectivity index (χ1v) is 6.74. The zero-order chi connectivity index (χ0) is 12.1. The van der Waals surface area contributed by atoms with Crippen molar-refractivity contribution in [3.63, 3.8) is 0 Å². The lowest BCUT2D eigenvalue weighted by Crippen LogP contribution is -2.45. The lowest BCUT2D eigenvalue weighted by molar-refractivity contribution is -0.144. The lowest BCUT2D eigenvalue weighted by atomic mass is 9.98. The molecule has 0 radical (unpaired) electrons. The van der Waals surface area contributed by atoms with E-state index < -0.39 is 0 Å². The van der Waals surface area contributed by atoms with Crippen LogP contribution in [0.15, 0.2) is 0 Å². The normalized spacial score (nSPS) is 27.2. The third-order valence-corrected chi connectivity index (χ3v) is 3.92. The minimum Gasteiger partial charge on any atom is -0.468 e. The van der Waals surface area contributed by atoms with Gasteiger partial charge in [0, 0.05) is 13.2 Å². The van der Waals surface area contributed by atoms with E-state index in [4.69, 9.17) is 9.47 Å². The molecule has 2 rings (SSSR count). The van der Waals surface area contributed by atoms with E-state index in [-0.39, 0.29) is 18.1 Å². The molecule has 4 nitrogen and oxygen atoms in total. The Morgan fingerprint density at radius 2 is 2.12 bits per heavy atom. The van der Waals surface area contributed by atoms with Gasteiger partial charge < -0.3 is 14.8 Å². The summed E-state index contributed by atoms with van der Waals surface area (Å²) in [6.07, 6.45) is 7.27. The van der Waals surface area contributed by atoms with Crippen molar-refractivity contribution in [2.75, 3.05) is 20.3 Å². The van der Waals surface area contributed by atoms with Gasteiger partial charge in [-0.05, 0) is 31.6 Å². The fourth-order valence-corrected chi connectivity index (χ4v) is 2.92. The molecule has 17 heavy (non-hydrogen) atoms. The molecule has 0 spiro atoms. The smallest absolute Gasteiger partial charge is 0.323 e. The number of rotatable bonds is 5. The Labute approximate surface area is 103 Å². The lowest BCUT2D eigenvalue weighted by Gasteiger charge is -2.23. The first-order chi connectivity index (χ1) is 8.31. The van der Waals surface area contributed by atoms with Gasteiger partial charge in [-0.25, -0.2) is 0 Å². The highest BCUT2D eigenvalue weighted by atomic mass is 16.5. The second-order valence-electron chi connectivity index (χ2n) is 5.09. The molecule has 1 saturated carbocycles. The van der Waals surface area contributed by atoms with Gasteiger partial charge in [-0.3, -0.25) is 4.79 Å². The Hall–Kier alpha value is -0.610. The Morgan fingerprint density at radius 3 is 2.71 bits per heavy atom. The molecule has 2 unspecified atom stereocenters. The van der Waals surface area contributed by atoms with Crippen molar-refractivity contribution in [1.82, 2.24) is 5.32 Å². The van der Waals surface area contributed by atoms with Gasteiger partial charge in [0.1, 0.15) is 6.04 Å². The molecule has 0 aromatic rings. The number of nitrogens with one attached hydrogen (secondary N) is 1. The molecule has 1 aliphatic carbocycles. The molecule has 1 aliphatic heterocycles. The molecule has 2 atom stereocenters. The minimum atomic E-state index is -0.133. The van der Waals surface area contributed by atoms with E-state index in [1.54, 1.807) is 0 Å². The molecule has 0 aromatic carbocycles. The van der Waals surface area contributed by atoms with Crippen molar-refractivity contribution in [1.29, 1.82) is 0 Å². The molecule has 2 aliphatic rings. The Kier molecular flexibility index (Phi) is 4.80. The Balaban J connectivity index is 1.83. The van der Waals surface area contributed by atoms with Crippen molar-refractivity contribution in [2.45, 2.75) is 50.7 Å². The molecule has 1 N–H and O–H groups in total. The highest BCUT2D eigenvalue weighted by Gasteiger charge is 2.31. The van der Waals surface area contributed by atoms with E-state index >= 15 is 0 Å². The largest absolute Gasteiger partial charge is 0.468 e. The average molecular weight is 241 g/mol. The maximum Gasteiger partial charge on any atom is 0.323 e. The van der Waals surface area contributed by atoms with Crippen LogP contribution >= 0.6 is 0 Å². The van der Waals surface area contributed by atoms with Gasteiger partial charge in [0.2, 0.25) is 0 Å². The number of carbonyl (C=O) groups excluding carboxylic acids is 1. The number of carbonyl (C=O) groups is 1. The van der Waals surface area contributed by atoms with Gasteiger partial charge in [0.15, 0.2) is 0 Å². The number of hydrogen-bond donors (Lipinski definition) is 1. The second-order valence-corrected chi connectivity index (χ2v) is 5.09. The molecular weight excluding hydrogens is 218 g/mol. The summed E-state index contributed by atoms with van der Waals surface area (Å²) in [5.74, 6) is 0.332. The van der Waals surface area contributed by atoms with Crippen molar-refractivity contribution in [3.8, 4) is 0 Å². The third-order valence-electron chi connectivity index (χ3n) is 3.92. The third kappa shape index (κ3) is 3.42. The van der Waals surface area contributed by atoms with Crippen LogP contribution in [0.3, 0.4) is 0 Å². The molecule has 0 aromatic heterocycles. The standard InChI is InChI=1S/C13H23NO3/c1-16-13(15)12(10-5-2-3-6-10)14-9-11-7-4-8-17-11/h10-12,14H,2-9H2,1H3. The van der Waals surface area contributed by atoms with Gasteiger partial charge in [-0.2, -0.15) is 0 Å². The summed E-state index contributed by atoms with van der Waals surface area (Å²) in [4.78, 5) is 11.8. The predicted molar refractivity (Wildman–Crippen MR) is 64.7 cm³/mol. The van der Waals surface area contributed by atoms with Crippen molar-refractivity contribution >= 4 is 5.97 Å². The van der Waals surface area contributed by atoms with Gasteiger partial charge in [0.25, 0.3) is 0 Å². The first-order valence-electron chi connectivity index (χ1n) is 6.74. The maximum absolute atomic E-state index is 11.8. The van der Waals surface area contributed by atoms with Gasteiger partial charge >= 0.3 is 5.97 Å². The van der Waals surface area contributed by atoms with Crippen molar-refractivity contribution < 1.29 is 14.3 Å². The van der Waals surface area contributed by atoms with Crippen molar-refractivity contribution in [3.05, 3.63) is 0 Å². The first kappa shape index (κ1) is 12.8. The number of hydrogen-bond acceptors (Lipinski definition) is 4. The predicted octanol–water partition coefficient (Wildman–Crippen LogP) is 1.49. The molecule has 98 valence electrons. The van der Waals surface area contributed by atoms with E-state index in [1.807, 2.05) is 0 Å². The van der Waals surface area contributed by atoms with Crippen LogP contribution in [0.4, 0.5) is 0 Å². The van der Waals surface area contributed by atoms with E-state index in [1.165, 1.54) is 20.0 Å². The van der Waals surface area contributed by atoms with Gasteiger partial charge in [-0.1, -0.05) is 12.8 Å². The molecule has 1 heterocycles. The van der Waals surface area contributed by atoms with Crippen LogP contribution in [0.25, 0.3) is 0 Å². The molecule has 2 fully saturated rings. The van der Waals surface area contributed by atoms with Gasteiger partial charge in [0.05, 0.1) is 13.2 Å². The number of esters is 1. The summed E-state index contributed by atoms with van der Waals surface area (Å²) in [5.41, 5.74) is 0. The van der Waals surface area contributed by atoms with E-state index in [0.29, 0.717) is 5.92 Å². The second kappa shape index (κ2) is 6.36. The van der Waals surface area contributed by atoms with Crippen LogP contribution in [0.1, 0.15) is 38.5 Å². The van der Waals surface area contributed by atoms with Crippen LogP contribution in [-0.2, 0) is 14.3 Å². The Morgan fingerprint density at radius 1 is 1.35 bits per heavy atom. The number of ether oxygens (including phenoxy) is 2. The monoisotopic (exact) mass is 241 g/mol. The number of methoxy groups -OCH3 is 1. The fourth-order valence-electron chi connectivity index (χ4n) is 2.92. The van der Waals surface area contributed by atoms with Crippen LogP contribution in [0.2, 0.25) is 0 Å². The summed E-state index contributed by atoms with van der Waals surface area (Å²) in [7, 11) is 1.47. The molecule has 0 amide bonds. The molecule has 4 heteroatoms. The highest BCUT2D eigenvalue weighted by molar-refractivity contribution is 5.76. The van der Waals surface area contributed by atoms with Gasteiger partial charge in [-0.15, -0.1) is 0 Å². The van der Waals surface area contributed by atoms with Crippen molar-refractivity contribution in [2.24, 2.45) is 5.92 Å². The zero-order valence-electron chi connectivity index (χ0n) is 10.6. The zero-order valence-corrected chi connectivity index (χ0v) is 10.6. The van der Waals surface area contributed by atoms with Crippen LogP contribution in [0.5, 0.6) is 0 Å². The summed E-state index contributed by atoms with van der Waals surface area (Å²) in [6, 6.07) is -0.133. The highest BCUT2D eigenvalue weighted by Crippen LogP contribution is 2.28. The topological polar surface area (TPSA) is 47.6 Å². The molecular formula is C13H23NO3. The quantitative estimate of drug-likeness (QED) is 0.741.